The molecule has 0 saturated heterocycles. The van der Waals surface area contributed by atoms with E-state index in [0.717, 1.165) is 16.8 Å². The number of amides is 1. The van der Waals surface area contributed by atoms with Crippen molar-refractivity contribution in [2.45, 2.75) is 19.9 Å². The normalized spacial score (nSPS) is 12.5. The molecule has 0 aliphatic heterocycles. The van der Waals surface area contributed by atoms with Crippen molar-refractivity contribution in [1.82, 2.24) is 15.6 Å². The van der Waals surface area contributed by atoms with Crippen LogP contribution in [0.5, 0.6) is 0 Å². The summed E-state index contributed by atoms with van der Waals surface area (Å²) in [6.45, 7) is 7.50. The van der Waals surface area contributed by atoms with Crippen LogP contribution in [0.1, 0.15) is 25.1 Å². The van der Waals surface area contributed by atoms with Crippen molar-refractivity contribution >= 4 is 17.6 Å². The number of H-pyrrole nitrogens is 1. The Morgan fingerprint density at radius 1 is 1.55 bits per heavy atom. The topological polar surface area (TPSA) is 77.2 Å². The number of hydrogen-bond donors (Lipinski definition) is 4. The predicted molar refractivity (Wildman–Crippen MR) is 89.6 cm³/mol. The highest BCUT2D eigenvalue weighted by molar-refractivity contribution is 5.87. The van der Waals surface area contributed by atoms with Crippen LogP contribution in [0.25, 0.3) is 11.6 Å². The van der Waals surface area contributed by atoms with Gasteiger partial charge in [-0.25, -0.2) is 0 Å². The molecule has 1 heterocycles. The van der Waals surface area contributed by atoms with Crippen LogP contribution in [0.4, 0.5) is 0 Å². The Hall–Kier alpha value is -2.29. The van der Waals surface area contributed by atoms with Gasteiger partial charge < -0.3 is 15.4 Å². The zero-order valence-electron chi connectivity index (χ0n) is 13.2. The minimum absolute atomic E-state index is 0.310. The average Bonchev–Trinajstić information content (AvgIpc) is 2.94. The van der Waals surface area contributed by atoms with Crippen molar-refractivity contribution in [3.05, 3.63) is 36.2 Å². The molecule has 0 radical (unpaired) electrons. The van der Waals surface area contributed by atoms with E-state index in [0.29, 0.717) is 5.92 Å². The van der Waals surface area contributed by atoms with Gasteiger partial charge in [-0.05, 0) is 19.0 Å². The third-order valence-corrected chi connectivity index (χ3v) is 2.92. The second kappa shape index (κ2) is 8.88. The van der Waals surface area contributed by atoms with Crippen molar-refractivity contribution in [3.63, 3.8) is 0 Å². The molecule has 0 fully saturated rings. The fourth-order valence-electron chi connectivity index (χ4n) is 1.90. The SMILES string of the molecule is C=Cc1cc[nH]c1/C(C#CC(NC)C(=O)NCO)=C\C(C)C. The van der Waals surface area contributed by atoms with Gasteiger partial charge in [0.05, 0.1) is 5.69 Å². The number of hydrogen-bond acceptors (Lipinski definition) is 3. The number of likely N-dealkylation sites (N-methyl/N-ethyl adjacent to an activating group) is 1. The zero-order valence-corrected chi connectivity index (χ0v) is 13.2. The minimum atomic E-state index is -0.690. The lowest BCUT2D eigenvalue weighted by atomic mass is 10.0. The molecule has 118 valence electrons. The van der Waals surface area contributed by atoms with Crippen molar-refractivity contribution in [2.24, 2.45) is 5.92 Å². The van der Waals surface area contributed by atoms with Gasteiger partial charge >= 0.3 is 0 Å². The van der Waals surface area contributed by atoms with Crippen molar-refractivity contribution in [2.75, 3.05) is 13.8 Å². The molecule has 1 aromatic rings. The van der Waals surface area contributed by atoms with Crippen molar-refractivity contribution < 1.29 is 9.90 Å². The van der Waals surface area contributed by atoms with Crippen molar-refractivity contribution in [3.8, 4) is 11.8 Å². The smallest absolute Gasteiger partial charge is 0.251 e. The van der Waals surface area contributed by atoms with Crippen LogP contribution in [0.2, 0.25) is 0 Å². The Balaban J connectivity index is 3.14. The molecular weight excluding hydrogens is 278 g/mol. The molecule has 0 aliphatic carbocycles. The molecule has 0 aromatic carbocycles. The fourth-order valence-corrected chi connectivity index (χ4v) is 1.90. The standard InChI is InChI=1S/C17H23N3O2/c1-5-13-8-9-19-16(13)14(10-12(2)3)6-7-15(18-4)17(22)20-11-21/h5,8-10,12,15,18-19,21H,1,11H2,2-4H3,(H,20,22)/b14-10-. The average molecular weight is 301 g/mol. The third kappa shape index (κ3) is 4.92. The van der Waals surface area contributed by atoms with Crippen LogP contribution in [0.15, 0.2) is 24.9 Å². The molecule has 1 aromatic heterocycles. The first-order chi connectivity index (χ1) is 10.5. The highest BCUT2D eigenvalue weighted by Gasteiger charge is 2.13. The monoisotopic (exact) mass is 301 g/mol. The van der Waals surface area contributed by atoms with Gasteiger partial charge in [0.25, 0.3) is 5.91 Å². The first-order valence-corrected chi connectivity index (χ1v) is 7.12. The Kier molecular flexibility index (Phi) is 7.17. The Labute approximate surface area is 131 Å². The number of aliphatic hydroxyl groups is 1. The highest BCUT2D eigenvalue weighted by atomic mass is 16.3. The summed E-state index contributed by atoms with van der Waals surface area (Å²) in [4.78, 5) is 14.9. The second-order valence-corrected chi connectivity index (χ2v) is 5.03. The molecule has 1 rings (SSSR count). The number of aromatic nitrogens is 1. The summed E-state index contributed by atoms with van der Waals surface area (Å²) in [5.74, 6) is 5.88. The van der Waals surface area contributed by atoms with Crippen LogP contribution < -0.4 is 10.6 Å². The van der Waals surface area contributed by atoms with E-state index in [4.69, 9.17) is 5.11 Å². The number of nitrogens with one attached hydrogen (secondary N) is 3. The molecule has 0 aliphatic rings. The van der Waals surface area contributed by atoms with E-state index in [1.54, 1.807) is 13.1 Å². The zero-order chi connectivity index (χ0) is 16.5. The summed E-state index contributed by atoms with van der Waals surface area (Å²) >= 11 is 0. The number of allylic oxidation sites excluding steroid dienone is 2. The summed E-state index contributed by atoms with van der Waals surface area (Å²) in [5, 5.41) is 13.9. The van der Waals surface area contributed by atoms with E-state index in [-0.39, 0.29) is 5.91 Å². The first kappa shape index (κ1) is 17.8. The van der Waals surface area contributed by atoms with E-state index in [1.807, 2.05) is 18.3 Å². The quantitative estimate of drug-likeness (QED) is 0.473. The number of aromatic amines is 1. The van der Waals surface area contributed by atoms with Gasteiger partial charge in [0.1, 0.15) is 12.8 Å². The third-order valence-electron chi connectivity index (χ3n) is 2.92. The lowest BCUT2D eigenvalue weighted by Crippen LogP contribution is -2.41. The lowest BCUT2D eigenvalue weighted by molar-refractivity contribution is -0.122. The fraction of sp³-hybridized carbons (Fsp3) is 0.353. The van der Waals surface area contributed by atoms with Gasteiger partial charge in [-0.3, -0.25) is 10.1 Å². The van der Waals surface area contributed by atoms with Crippen LogP contribution >= 0.6 is 0 Å². The maximum absolute atomic E-state index is 11.7. The maximum atomic E-state index is 11.7. The number of carbonyl (C=O) groups excluding carboxylic acids is 1. The Morgan fingerprint density at radius 3 is 2.82 bits per heavy atom. The van der Waals surface area contributed by atoms with Gasteiger partial charge in [0.15, 0.2) is 0 Å². The molecule has 1 atom stereocenters. The van der Waals surface area contributed by atoms with Crippen LogP contribution in [-0.4, -0.2) is 35.8 Å². The second-order valence-electron chi connectivity index (χ2n) is 5.03. The summed E-state index contributed by atoms with van der Waals surface area (Å²) in [6, 6.07) is 1.23. The minimum Gasteiger partial charge on any atom is -0.376 e. The van der Waals surface area contributed by atoms with Gasteiger partial charge in [0.2, 0.25) is 0 Å². The Morgan fingerprint density at radius 2 is 2.27 bits per heavy atom. The largest absolute Gasteiger partial charge is 0.376 e. The Bertz CT molecular complexity index is 603. The van der Waals surface area contributed by atoms with E-state index >= 15 is 0 Å². The number of carbonyl (C=O) groups is 1. The summed E-state index contributed by atoms with van der Waals surface area (Å²) in [7, 11) is 1.64. The highest BCUT2D eigenvalue weighted by Crippen LogP contribution is 2.20. The van der Waals surface area contributed by atoms with Crippen LogP contribution in [-0.2, 0) is 4.79 Å². The predicted octanol–water partition coefficient (Wildman–Crippen LogP) is 1.35. The van der Waals surface area contributed by atoms with Gasteiger partial charge in [0, 0.05) is 17.3 Å². The van der Waals surface area contributed by atoms with Gasteiger partial charge in [-0.15, -0.1) is 0 Å². The summed E-state index contributed by atoms with van der Waals surface area (Å²) in [6.07, 6.45) is 5.62. The van der Waals surface area contributed by atoms with Gasteiger partial charge in [-0.2, -0.15) is 0 Å². The molecule has 0 saturated carbocycles. The van der Waals surface area contributed by atoms with Gasteiger partial charge in [-0.1, -0.05) is 44.4 Å². The molecule has 22 heavy (non-hydrogen) atoms. The molecular formula is C17H23N3O2. The molecule has 4 N–H and O–H groups in total. The van der Waals surface area contributed by atoms with E-state index in [2.05, 4.69) is 47.9 Å². The van der Waals surface area contributed by atoms with Crippen molar-refractivity contribution in [1.29, 1.82) is 0 Å². The molecule has 0 bridgehead atoms. The van der Waals surface area contributed by atoms with E-state index in [1.165, 1.54) is 0 Å². The maximum Gasteiger partial charge on any atom is 0.251 e. The molecule has 5 nitrogen and oxygen atoms in total. The van der Waals surface area contributed by atoms with E-state index < -0.39 is 12.8 Å². The molecule has 1 unspecified atom stereocenters. The van der Waals surface area contributed by atoms with Crippen LogP contribution in [0, 0.1) is 17.8 Å². The lowest BCUT2D eigenvalue weighted by Gasteiger charge is -2.08. The molecule has 1 amide bonds. The molecule has 5 heteroatoms. The van der Waals surface area contributed by atoms with Crippen LogP contribution in [0.3, 0.4) is 0 Å². The number of rotatable bonds is 6. The number of aliphatic hydroxyl groups excluding tert-OH is 1. The summed E-state index contributed by atoms with van der Waals surface area (Å²) in [5.41, 5.74) is 2.66. The first-order valence-electron chi connectivity index (χ1n) is 7.12. The molecule has 0 spiro atoms. The van der Waals surface area contributed by atoms with E-state index in [9.17, 15) is 4.79 Å². The summed E-state index contributed by atoms with van der Waals surface area (Å²) < 4.78 is 0.